The van der Waals surface area contributed by atoms with Crippen LogP contribution in [-0.4, -0.2) is 29.4 Å². The number of rotatable bonds is 10. The summed E-state index contributed by atoms with van der Waals surface area (Å²) in [5.74, 6) is -2.27. The molecule has 1 aliphatic rings. The van der Waals surface area contributed by atoms with Gasteiger partial charge in [-0.2, -0.15) is 18.4 Å². The van der Waals surface area contributed by atoms with Gasteiger partial charge in [-0.05, 0) is 72.2 Å². The highest BCUT2D eigenvalue weighted by Crippen LogP contribution is 2.35. The van der Waals surface area contributed by atoms with E-state index in [0.29, 0.717) is 17.0 Å². The van der Waals surface area contributed by atoms with Gasteiger partial charge in [0.15, 0.2) is 0 Å². The Morgan fingerprint density at radius 1 is 0.953 bits per heavy atom. The lowest BCUT2D eigenvalue weighted by molar-refractivity contribution is -0.138. The van der Waals surface area contributed by atoms with Crippen molar-refractivity contribution in [3.63, 3.8) is 0 Å². The predicted molar refractivity (Wildman–Crippen MR) is 155 cm³/mol. The van der Waals surface area contributed by atoms with Crippen molar-refractivity contribution in [1.82, 2.24) is 5.32 Å². The van der Waals surface area contributed by atoms with E-state index in [4.69, 9.17) is 10.4 Å². The number of halogens is 3. The van der Waals surface area contributed by atoms with E-state index in [0.717, 1.165) is 30.5 Å². The van der Waals surface area contributed by atoms with Crippen LogP contribution in [0.1, 0.15) is 88.5 Å². The number of aliphatic carboxylic acids is 1. The summed E-state index contributed by atoms with van der Waals surface area (Å²) in [6, 6.07) is 18.9. The molecule has 10 heteroatoms. The van der Waals surface area contributed by atoms with Gasteiger partial charge < -0.3 is 15.7 Å². The topological polar surface area (TPSA) is 119 Å². The van der Waals surface area contributed by atoms with Gasteiger partial charge in [-0.25, -0.2) is 0 Å². The van der Waals surface area contributed by atoms with Crippen LogP contribution in [0.4, 0.5) is 18.9 Å². The molecule has 224 valence electrons. The Balaban J connectivity index is 1.57. The summed E-state index contributed by atoms with van der Waals surface area (Å²) in [6.07, 6.45) is 1.04. The van der Waals surface area contributed by atoms with E-state index in [1.165, 1.54) is 37.0 Å². The van der Waals surface area contributed by atoms with Gasteiger partial charge >= 0.3 is 12.1 Å². The summed E-state index contributed by atoms with van der Waals surface area (Å²) >= 11 is 0. The second-order valence-corrected chi connectivity index (χ2v) is 10.7. The van der Waals surface area contributed by atoms with E-state index in [1.54, 1.807) is 24.3 Å². The predicted octanol–water partition coefficient (Wildman–Crippen LogP) is 6.79. The van der Waals surface area contributed by atoms with Crippen LogP contribution in [0.3, 0.4) is 0 Å². The van der Waals surface area contributed by atoms with Crippen LogP contribution >= 0.6 is 0 Å². The third kappa shape index (κ3) is 8.44. The van der Waals surface area contributed by atoms with Crippen molar-refractivity contribution >= 4 is 23.5 Å². The number of alkyl halides is 3. The van der Waals surface area contributed by atoms with E-state index in [2.05, 4.69) is 10.6 Å². The van der Waals surface area contributed by atoms with Gasteiger partial charge in [0.2, 0.25) is 5.91 Å². The third-order valence-electron chi connectivity index (χ3n) is 7.73. The number of amides is 2. The molecule has 3 aromatic carbocycles. The standard InChI is InChI=1S/C33H32F3N3O4/c34-33(35,36)29-19-27(15-14-26(29)20-37)39-32(43)28(24-12-10-23(11-13-24)22-4-2-1-3-5-22)18-21-6-8-25(9-7-21)31(42)38-17-16-30(40)41/h6-15,19,22,28H,1-5,16-18H2,(H,38,42)(H,39,43)(H,40,41). The van der Waals surface area contributed by atoms with Gasteiger partial charge in [-0.3, -0.25) is 14.4 Å². The molecule has 0 spiro atoms. The molecule has 0 aromatic heterocycles. The van der Waals surface area contributed by atoms with Gasteiger partial charge in [0.05, 0.1) is 29.5 Å². The average Bonchev–Trinajstić information content (AvgIpc) is 3.00. The number of anilines is 1. The summed E-state index contributed by atoms with van der Waals surface area (Å²) in [4.78, 5) is 36.6. The SMILES string of the molecule is N#Cc1ccc(NC(=O)C(Cc2ccc(C(=O)NCCC(=O)O)cc2)c2ccc(C3CCCCC3)cc2)cc1C(F)(F)F. The van der Waals surface area contributed by atoms with Gasteiger partial charge in [-0.15, -0.1) is 0 Å². The average molecular weight is 592 g/mol. The van der Waals surface area contributed by atoms with Gasteiger partial charge in [0, 0.05) is 17.8 Å². The first-order chi connectivity index (χ1) is 20.5. The van der Waals surface area contributed by atoms with Crippen molar-refractivity contribution in [2.75, 3.05) is 11.9 Å². The van der Waals surface area contributed by atoms with Crippen LogP contribution < -0.4 is 10.6 Å². The molecule has 1 saturated carbocycles. The van der Waals surface area contributed by atoms with Crippen LogP contribution in [0.2, 0.25) is 0 Å². The van der Waals surface area contributed by atoms with Crippen LogP contribution in [-0.2, 0) is 22.2 Å². The van der Waals surface area contributed by atoms with Crippen molar-refractivity contribution in [3.05, 3.63) is 100 Å². The second kappa shape index (κ2) is 14.0. The molecule has 0 bridgehead atoms. The Morgan fingerprint density at radius 2 is 1.63 bits per heavy atom. The molecule has 1 unspecified atom stereocenters. The zero-order valence-corrected chi connectivity index (χ0v) is 23.4. The molecule has 0 saturated heterocycles. The largest absolute Gasteiger partial charge is 0.481 e. The summed E-state index contributed by atoms with van der Waals surface area (Å²) < 4.78 is 40.6. The minimum atomic E-state index is -4.76. The molecular formula is C33H32F3N3O4. The Morgan fingerprint density at radius 3 is 2.23 bits per heavy atom. The summed E-state index contributed by atoms with van der Waals surface area (Å²) in [5, 5.41) is 23.0. The fraction of sp³-hybridized carbons (Fsp3) is 0.333. The van der Waals surface area contributed by atoms with Gasteiger partial charge in [0.25, 0.3) is 5.91 Å². The number of nitrogens with one attached hydrogen (secondary N) is 2. The van der Waals surface area contributed by atoms with Crippen LogP contribution in [0.5, 0.6) is 0 Å². The lowest BCUT2D eigenvalue weighted by Crippen LogP contribution is -2.26. The maximum absolute atomic E-state index is 13.6. The highest BCUT2D eigenvalue weighted by Gasteiger charge is 2.34. The van der Waals surface area contributed by atoms with Crippen LogP contribution in [0.15, 0.2) is 66.7 Å². The van der Waals surface area contributed by atoms with E-state index < -0.39 is 41.0 Å². The second-order valence-electron chi connectivity index (χ2n) is 10.7. The van der Waals surface area contributed by atoms with Crippen molar-refractivity contribution in [2.24, 2.45) is 0 Å². The van der Waals surface area contributed by atoms with Crippen molar-refractivity contribution in [1.29, 1.82) is 5.26 Å². The number of carboxylic acid groups (broad SMARTS) is 1. The van der Waals surface area contributed by atoms with Crippen molar-refractivity contribution < 1.29 is 32.7 Å². The smallest absolute Gasteiger partial charge is 0.417 e. The maximum Gasteiger partial charge on any atom is 0.417 e. The minimum absolute atomic E-state index is 0.0135. The fourth-order valence-electron chi connectivity index (χ4n) is 5.39. The lowest BCUT2D eigenvalue weighted by Gasteiger charge is -2.23. The first-order valence-corrected chi connectivity index (χ1v) is 14.2. The molecule has 1 atom stereocenters. The number of carbonyl (C=O) groups is 3. The normalized spacial score (nSPS) is 14.4. The number of carboxylic acids is 1. The molecular weight excluding hydrogens is 559 g/mol. The monoisotopic (exact) mass is 591 g/mol. The maximum atomic E-state index is 13.6. The molecule has 7 nitrogen and oxygen atoms in total. The Bertz CT molecular complexity index is 1490. The van der Waals surface area contributed by atoms with E-state index in [9.17, 15) is 27.6 Å². The number of nitriles is 1. The van der Waals surface area contributed by atoms with E-state index in [-0.39, 0.29) is 25.1 Å². The Kier molecular flexibility index (Phi) is 10.2. The molecule has 1 aliphatic carbocycles. The Labute approximate surface area is 247 Å². The third-order valence-corrected chi connectivity index (χ3v) is 7.73. The molecule has 3 aromatic rings. The first-order valence-electron chi connectivity index (χ1n) is 14.2. The fourth-order valence-corrected chi connectivity index (χ4v) is 5.39. The number of benzene rings is 3. The van der Waals surface area contributed by atoms with Crippen LogP contribution in [0.25, 0.3) is 0 Å². The summed E-state index contributed by atoms with van der Waals surface area (Å²) in [5.41, 5.74) is 1.19. The molecule has 0 aliphatic heterocycles. The number of hydrogen-bond acceptors (Lipinski definition) is 4. The molecule has 2 amide bonds. The van der Waals surface area contributed by atoms with Crippen molar-refractivity contribution in [2.45, 2.75) is 63.0 Å². The Hall–Kier alpha value is -4.65. The summed E-state index contributed by atoms with van der Waals surface area (Å²) in [6.45, 7) is -0.0135. The number of carbonyl (C=O) groups excluding carboxylic acids is 2. The zero-order valence-electron chi connectivity index (χ0n) is 23.4. The van der Waals surface area contributed by atoms with Crippen LogP contribution in [0, 0.1) is 11.3 Å². The molecule has 4 rings (SSSR count). The number of nitrogens with zero attached hydrogens (tertiary/aromatic N) is 1. The molecule has 43 heavy (non-hydrogen) atoms. The quantitative estimate of drug-likeness (QED) is 0.240. The van der Waals surface area contributed by atoms with E-state index >= 15 is 0 Å². The summed E-state index contributed by atoms with van der Waals surface area (Å²) in [7, 11) is 0. The molecule has 1 fully saturated rings. The minimum Gasteiger partial charge on any atom is -0.481 e. The van der Waals surface area contributed by atoms with E-state index in [1.807, 2.05) is 24.3 Å². The molecule has 0 radical (unpaired) electrons. The lowest BCUT2D eigenvalue weighted by atomic mass is 9.83. The van der Waals surface area contributed by atoms with Gasteiger partial charge in [0.1, 0.15) is 0 Å². The molecule has 3 N–H and O–H groups in total. The zero-order chi connectivity index (χ0) is 31.0. The highest BCUT2D eigenvalue weighted by atomic mass is 19.4. The molecule has 0 heterocycles. The highest BCUT2D eigenvalue weighted by molar-refractivity contribution is 5.96. The van der Waals surface area contributed by atoms with Gasteiger partial charge in [-0.1, -0.05) is 55.7 Å². The number of hydrogen-bond donors (Lipinski definition) is 3. The first kappa shape index (κ1) is 31.3. The van der Waals surface area contributed by atoms with Crippen molar-refractivity contribution in [3.8, 4) is 6.07 Å².